The smallest absolute Gasteiger partial charge is 0.159 e. The van der Waals surface area contributed by atoms with E-state index in [1.165, 1.54) is 58.4 Å². The molecule has 0 saturated carbocycles. The molecule has 4 heteroatoms. The number of thiophene rings is 1. The fourth-order valence-corrected chi connectivity index (χ4v) is 11.2. The van der Waals surface area contributed by atoms with Gasteiger partial charge in [-0.25, -0.2) is 0 Å². The van der Waals surface area contributed by atoms with Gasteiger partial charge in [0.05, 0.1) is 5.69 Å². The van der Waals surface area contributed by atoms with Gasteiger partial charge in [-0.15, -0.1) is 11.3 Å². The normalized spacial score (nSPS) is 11.6. The van der Waals surface area contributed by atoms with Crippen molar-refractivity contribution in [2.75, 3.05) is 9.80 Å². The minimum atomic E-state index is 0.876. The lowest BCUT2D eigenvalue weighted by atomic mass is 9.95. The Morgan fingerprint density at radius 3 is 1.48 bits per heavy atom. The molecule has 0 saturated heterocycles. The quantitative estimate of drug-likeness (QED) is 0.142. The lowest BCUT2D eigenvalue weighted by Gasteiger charge is -2.26. The fourth-order valence-electron chi connectivity index (χ4n) is 9.93. The monoisotopic (exact) mass is 860 g/mol. The molecular formula is C62H40N2OS. The van der Waals surface area contributed by atoms with Crippen LogP contribution in [0.2, 0.25) is 0 Å². The number of hydrogen-bond donors (Lipinski definition) is 0. The van der Waals surface area contributed by atoms with Gasteiger partial charge < -0.3 is 14.2 Å². The molecule has 0 aliphatic carbocycles. The number of furan rings is 1. The highest BCUT2D eigenvalue weighted by Crippen LogP contribution is 2.47. The summed E-state index contributed by atoms with van der Waals surface area (Å²) >= 11 is 1.90. The second kappa shape index (κ2) is 15.7. The molecule has 13 aromatic rings. The van der Waals surface area contributed by atoms with Crippen LogP contribution in [0.3, 0.4) is 0 Å². The molecule has 0 N–H and O–H groups in total. The van der Waals surface area contributed by atoms with Crippen molar-refractivity contribution in [1.82, 2.24) is 0 Å². The minimum absolute atomic E-state index is 0.876. The summed E-state index contributed by atoms with van der Waals surface area (Å²) in [6.07, 6.45) is 0. The van der Waals surface area contributed by atoms with Crippen molar-refractivity contribution < 1.29 is 4.42 Å². The van der Waals surface area contributed by atoms with Crippen molar-refractivity contribution >= 4 is 109 Å². The highest BCUT2D eigenvalue weighted by atomic mass is 32.1. The minimum Gasteiger partial charge on any atom is -0.454 e. The summed E-state index contributed by atoms with van der Waals surface area (Å²) in [5.41, 5.74) is 13.1. The summed E-state index contributed by atoms with van der Waals surface area (Å²) in [5.74, 6) is 0. The van der Waals surface area contributed by atoms with Crippen LogP contribution in [0.15, 0.2) is 247 Å². The molecule has 0 amide bonds. The summed E-state index contributed by atoms with van der Waals surface area (Å²) < 4.78 is 9.13. The first-order valence-corrected chi connectivity index (χ1v) is 23.2. The molecule has 3 nitrogen and oxygen atoms in total. The van der Waals surface area contributed by atoms with Crippen molar-refractivity contribution in [3.63, 3.8) is 0 Å². The maximum atomic E-state index is 6.52. The lowest BCUT2D eigenvalue weighted by molar-refractivity contribution is 0.669. The van der Waals surface area contributed by atoms with E-state index in [1.54, 1.807) is 0 Å². The molecule has 310 valence electrons. The fraction of sp³-hybridized carbons (Fsp3) is 0. The number of benzene rings is 11. The van der Waals surface area contributed by atoms with Gasteiger partial charge in [0, 0.05) is 64.8 Å². The molecule has 0 spiro atoms. The summed E-state index contributed by atoms with van der Waals surface area (Å²) in [6.45, 7) is 0. The molecule has 2 aromatic heterocycles. The van der Waals surface area contributed by atoms with Gasteiger partial charge in [0.25, 0.3) is 0 Å². The maximum absolute atomic E-state index is 6.52. The highest BCUT2D eigenvalue weighted by Gasteiger charge is 2.21. The van der Waals surface area contributed by atoms with Crippen LogP contribution in [0.25, 0.3) is 85.9 Å². The van der Waals surface area contributed by atoms with E-state index >= 15 is 0 Å². The van der Waals surface area contributed by atoms with Crippen LogP contribution in [-0.4, -0.2) is 0 Å². The van der Waals surface area contributed by atoms with Crippen LogP contribution in [0.1, 0.15) is 0 Å². The second-order valence-electron chi connectivity index (χ2n) is 16.8. The van der Waals surface area contributed by atoms with Crippen LogP contribution in [0.4, 0.5) is 34.1 Å². The van der Waals surface area contributed by atoms with E-state index in [9.17, 15) is 0 Å². The molecule has 0 unspecified atom stereocenters. The largest absolute Gasteiger partial charge is 0.454 e. The molecule has 0 aliphatic rings. The first-order valence-electron chi connectivity index (χ1n) is 22.4. The van der Waals surface area contributed by atoms with Gasteiger partial charge in [0.1, 0.15) is 5.58 Å². The van der Waals surface area contributed by atoms with E-state index in [0.29, 0.717) is 0 Å². The number of rotatable bonds is 8. The third-order valence-corrected chi connectivity index (χ3v) is 14.2. The van der Waals surface area contributed by atoms with Crippen molar-refractivity contribution in [2.24, 2.45) is 0 Å². The zero-order valence-corrected chi connectivity index (χ0v) is 36.6. The molecular weight excluding hydrogens is 821 g/mol. The zero-order chi connectivity index (χ0) is 43.6. The van der Waals surface area contributed by atoms with Crippen LogP contribution in [0, 0.1) is 0 Å². The van der Waals surface area contributed by atoms with Crippen molar-refractivity contribution in [3.05, 3.63) is 243 Å². The van der Waals surface area contributed by atoms with E-state index in [1.807, 2.05) is 23.5 Å². The van der Waals surface area contributed by atoms with Crippen molar-refractivity contribution in [2.45, 2.75) is 0 Å². The molecule has 0 atom stereocenters. The van der Waals surface area contributed by atoms with Crippen LogP contribution < -0.4 is 9.80 Å². The molecule has 13 rings (SSSR count). The summed E-state index contributed by atoms with van der Waals surface area (Å²) in [5, 5.41) is 9.97. The van der Waals surface area contributed by atoms with Crippen molar-refractivity contribution in [3.8, 4) is 22.3 Å². The highest BCUT2D eigenvalue weighted by molar-refractivity contribution is 7.27. The summed E-state index contributed by atoms with van der Waals surface area (Å²) in [7, 11) is 0. The Balaban J connectivity index is 0.846. The van der Waals surface area contributed by atoms with Crippen LogP contribution in [-0.2, 0) is 0 Å². The maximum Gasteiger partial charge on any atom is 0.159 e. The van der Waals surface area contributed by atoms with E-state index in [0.717, 1.165) is 61.6 Å². The first kappa shape index (κ1) is 38.1. The predicted octanol–water partition coefficient (Wildman–Crippen LogP) is 18.5. The Hall–Kier alpha value is -8.44. The SMILES string of the molecule is c1ccc(N(c2ccccc2)c2ccc3c(c2)c2ccccc2c2c4ccc(-c5ccc(-c6ccc(N(c7ccccc7)c7cccc8c7oc7ccccc78)cc6)cc5)cc4sc32)cc1. The van der Waals surface area contributed by atoms with Crippen molar-refractivity contribution in [1.29, 1.82) is 0 Å². The number of nitrogens with zero attached hydrogens (tertiary/aromatic N) is 2. The van der Waals surface area contributed by atoms with E-state index < -0.39 is 0 Å². The Labute approximate surface area is 386 Å². The molecule has 2 heterocycles. The van der Waals surface area contributed by atoms with Gasteiger partial charge in [-0.1, -0.05) is 164 Å². The Morgan fingerprint density at radius 2 is 0.803 bits per heavy atom. The Kier molecular flexibility index (Phi) is 9.03. The molecule has 11 aromatic carbocycles. The standard InChI is InChI=1S/C62H40N2OS/c1-4-15-45(16-5-1)63(46-17-6-2-7-18-46)49-36-38-54-56(40-49)50-21-10-11-23-52(50)60-55-37-33-44(39-59(55)66-62(54)60)43-29-27-41(28-30-43)42-31-34-48(35-32-42)64(47-19-8-3-9-20-47)57-25-14-24-53-51-22-12-13-26-58(51)65-61(53)57/h1-40H. The van der Waals surface area contributed by atoms with Gasteiger partial charge in [-0.05, 0) is 117 Å². The number of hydrogen-bond acceptors (Lipinski definition) is 4. The molecule has 0 radical (unpaired) electrons. The Morgan fingerprint density at radius 1 is 0.303 bits per heavy atom. The molecule has 0 fully saturated rings. The molecule has 0 bridgehead atoms. The average molecular weight is 861 g/mol. The number of para-hydroxylation sites is 5. The lowest BCUT2D eigenvalue weighted by Crippen LogP contribution is -2.10. The summed E-state index contributed by atoms with van der Waals surface area (Å²) in [6, 6.07) is 87.3. The first-order chi connectivity index (χ1) is 32.7. The predicted molar refractivity (Wildman–Crippen MR) is 282 cm³/mol. The van der Waals surface area contributed by atoms with Gasteiger partial charge >= 0.3 is 0 Å². The summed E-state index contributed by atoms with van der Waals surface area (Å²) in [4.78, 5) is 4.64. The third-order valence-electron chi connectivity index (χ3n) is 13.0. The molecule has 0 aliphatic heterocycles. The van der Waals surface area contributed by atoms with E-state index in [2.05, 4.69) is 240 Å². The van der Waals surface area contributed by atoms with Gasteiger partial charge in [0.2, 0.25) is 0 Å². The van der Waals surface area contributed by atoms with Crippen LogP contribution in [0.5, 0.6) is 0 Å². The third kappa shape index (κ3) is 6.34. The van der Waals surface area contributed by atoms with Crippen LogP contribution >= 0.6 is 11.3 Å². The van der Waals surface area contributed by atoms with E-state index in [-0.39, 0.29) is 0 Å². The number of fused-ring (bicyclic) bond motifs is 11. The number of anilines is 6. The Bertz CT molecular complexity index is 3880. The topological polar surface area (TPSA) is 19.6 Å². The second-order valence-corrected chi connectivity index (χ2v) is 17.9. The molecule has 66 heavy (non-hydrogen) atoms. The zero-order valence-electron chi connectivity index (χ0n) is 35.8. The van der Waals surface area contributed by atoms with Gasteiger partial charge in [0.15, 0.2) is 5.58 Å². The average Bonchev–Trinajstić information content (AvgIpc) is 3.97. The van der Waals surface area contributed by atoms with Gasteiger partial charge in [-0.2, -0.15) is 0 Å². The van der Waals surface area contributed by atoms with E-state index in [4.69, 9.17) is 4.42 Å². The van der Waals surface area contributed by atoms with Gasteiger partial charge in [-0.3, -0.25) is 0 Å².